The van der Waals surface area contributed by atoms with Crippen molar-refractivity contribution in [2.24, 2.45) is 0 Å². The van der Waals surface area contributed by atoms with Gasteiger partial charge in [-0.3, -0.25) is 14.4 Å². The molecular formula is C74H124O6. The van der Waals surface area contributed by atoms with Crippen LogP contribution in [0.4, 0.5) is 0 Å². The van der Waals surface area contributed by atoms with E-state index in [0.717, 1.165) is 135 Å². The molecule has 0 fully saturated rings. The first-order valence-corrected chi connectivity index (χ1v) is 33.5. The van der Waals surface area contributed by atoms with Crippen LogP contribution in [0.25, 0.3) is 0 Å². The van der Waals surface area contributed by atoms with Gasteiger partial charge in [-0.15, -0.1) is 0 Å². The summed E-state index contributed by atoms with van der Waals surface area (Å²) in [5.41, 5.74) is 0. The zero-order chi connectivity index (χ0) is 57.8. The van der Waals surface area contributed by atoms with E-state index in [1.165, 1.54) is 135 Å². The Morgan fingerprint density at radius 3 is 0.775 bits per heavy atom. The van der Waals surface area contributed by atoms with Crippen LogP contribution in [0.5, 0.6) is 0 Å². The van der Waals surface area contributed by atoms with Crippen molar-refractivity contribution >= 4 is 17.9 Å². The lowest BCUT2D eigenvalue weighted by molar-refractivity contribution is -0.167. The van der Waals surface area contributed by atoms with E-state index in [0.29, 0.717) is 19.3 Å². The Kier molecular flexibility index (Phi) is 63.8. The Balaban J connectivity index is 4.39. The van der Waals surface area contributed by atoms with Crippen molar-refractivity contribution < 1.29 is 28.6 Å². The summed E-state index contributed by atoms with van der Waals surface area (Å²) in [4.78, 5) is 38.4. The fourth-order valence-corrected chi connectivity index (χ4v) is 9.15. The van der Waals surface area contributed by atoms with Gasteiger partial charge >= 0.3 is 17.9 Å². The predicted octanol–water partition coefficient (Wildman–Crippen LogP) is 23.2. The summed E-state index contributed by atoms with van der Waals surface area (Å²) in [6.07, 6.45) is 93.4. The topological polar surface area (TPSA) is 78.9 Å². The van der Waals surface area contributed by atoms with Crippen LogP contribution < -0.4 is 0 Å². The standard InChI is InChI=1S/C74H124O6/c1-4-7-10-13-16-19-22-25-28-30-32-34-35-36-37-38-39-41-42-44-46-49-52-55-58-61-64-67-73(76)79-70-71(69-78-72(75)66-63-60-57-54-51-48-27-24-21-18-15-12-9-6-3)80-74(77)68-65-62-59-56-53-50-47-45-43-40-33-31-29-26-23-20-17-14-11-8-5-2/h7,10,16,19,23-28,31-34,36-37,39,41,43,45,71H,4-6,8-9,11-15,17-18,20-22,29-30,35,38,40,42,44,46-70H2,1-3H3/b10-7-,19-16-,26-23-,27-24-,28-25-,33-31-,34-32-,37-36-,41-39-,45-43-. The van der Waals surface area contributed by atoms with Gasteiger partial charge in [0.05, 0.1) is 0 Å². The van der Waals surface area contributed by atoms with Gasteiger partial charge in [0.15, 0.2) is 6.10 Å². The highest BCUT2D eigenvalue weighted by Crippen LogP contribution is 2.15. The fraction of sp³-hybridized carbons (Fsp3) is 0.689. The number of unbranched alkanes of at least 4 members (excludes halogenated alkanes) is 29. The van der Waals surface area contributed by atoms with Crippen LogP contribution in [0.3, 0.4) is 0 Å². The summed E-state index contributed by atoms with van der Waals surface area (Å²) < 4.78 is 16.9. The summed E-state index contributed by atoms with van der Waals surface area (Å²) in [6.45, 7) is 6.50. The number of ether oxygens (including phenoxy) is 3. The Morgan fingerprint density at radius 1 is 0.263 bits per heavy atom. The molecule has 0 heterocycles. The molecule has 6 heteroatoms. The van der Waals surface area contributed by atoms with Crippen molar-refractivity contribution in [3.63, 3.8) is 0 Å². The number of allylic oxidation sites excluding steroid dienone is 20. The maximum Gasteiger partial charge on any atom is 0.306 e. The van der Waals surface area contributed by atoms with Gasteiger partial charge < -0.3 is 14.2 Å². The van der Waals surface area contributed by atoms with E-state index < -0.39 is 6.10 Å². The van der Waals surface area contributed by atoms with E-state index in [-0.39, 0.29) is 31.1 Å². The zero-order valence-corrected chi connectivity index (χ0v) is 52.3. The first kappa shape index (κ1) is 75.8. The Hall–Kier alpha value is -4.19. The first-order valence-electron chi connectivity index (χ1n) is 33.5. The number of hydrogen-bond donors (Lipinski definition) is 0. The van der Waals surface area contributed by atoms with Crippen LogP contribution in [0, 0.1) is 0 Å². The second-order valence-electron chi connectivity index (χ2n) is 22.0. The molecule has 0 aliphatic carbocycles. The highest BCUT2D eigenvalue weighted by atomic mass is 16.6. The van der Waals surface area contributed by atoms with Gasteiger partial charge in [-0.05, 0) is 135 Å². The number of rotatable bonds is 60. The molecule has 0 aromatic carbocycles. The summed E-state index contributed by atoms with van der Waals surface area (Å²) in [5.74, 6) is -0.914. The Labute approximate surface area is 494 Å². The maximum atomic E-state index is 12.9. The van der Waals surface area contributed by atoms with Crippen LogP contribution in [0.15, 0.2) is 122 Å². The van der Waals surface area contributed by atoms with Crippen molar-refractivity contribution in [2.75, 3.05) is 13.2 Å². The van der Waals surface area contributed by atoms with Crippen LogP contribution in [-0.2, 0) is 28.6 Å². The summed E-state index contributed by atoms with van der Waals surface area (Å²) in [5, 5.41) is 0. The lowest BCUT2D eigenvalue weighted by atomic mass is 10.1. The van der Waals surface area contributed by atoms with Crippen molar-refractivity contribution in [3.05, 3.63) is 122 Å². The van der Waals surface area contributed by atoms with E-state index in [2.05, 4.69) is 142 Å². The molecule has 1 unspecified atom stereocenters. The van der Waals surface area contributed by atoms with Crippen LogP contribution >= 0.6 is 0 Å². The quantitative estimate of drug-likeness (QED) is 0.0261. The van der Waals surface area contributed by atoms with Gasteiger partial charge in [0, 0.05) is 19.3 Å². The lowest BCUT2D eigenvalue weighted by Gasteiger charge is -2.18. The molecule has 0 aromatic rings. The third-order valence-electron chi connectivity index (χ3n) is 14.2. The molecule has 0 aliphatic rings. The molecule has 1 atom stereocenters. The van der Waals surface area contributed by atoms with Gasteiger partial charge in [-0.2, -0.15) is 0 Å². The Bertz CT molecular complexity index is 1650. The smallest absolute Gasteiger partial charge is 0.306 e. The highest BCUT2D eigenvalue weighted by molar-refractivity contribution is 5.71. The van der Waals surface area contributed by atoms with Gasteiger partial charge in [0.2, 0.25) is 0 Å². The van der Waals surface area contributed by atoms with Crippen LogP contribution in [-0.4, -0.2) is 37.2 Å². The second kappa shape index (κ2) is 67.3. The van der Waals surface area contributed by atoms with E-state index in [9.17, 15) is 14.4 Å². The van der Waals surface area contributed by atoms with Crippen molar-refractivity contribution in [3.8, 4) is 0 Å². The molecule has 0 aliphatic heterocycles. The van der Waals surface area contributed by atoms with Crippen LogP contribution in [0.2, 0.25) is 0 Å². The Morgan fingerprint density at radius 2 is 0.487 bits per heavy atom. The molecule has 0 spiro atoms. The van der Waals surface area contributed by atoms with Crippen molar-refractivity contribution in [1.82, 2.24) is 0 Å². The minimum atomic E-state index is -0.797. The van der Waals surface area contributed by atoms with Gasteiger partial charge in [0.1, 0.15) is 13.2 Å². The molecule has 456 valence electrons. The summed E-state index contributed by atoms with van der Waals surface area (Å²) >= 11 is 0. The van der Waals surface area contributed by atoms with Crippen LogP contribution in [0.1, 0.15) is 310 Å². The first-order chi connectivity index (χ1) is 39.5. The third-order valence-corrected chi connectivity index (χ3v) is 14.2. The number of carbonyl (C=O) groups excluding carboxylic acids is 3. The fourth-order valence-electron chi connectivity index (χ4n) is 9.15. The van der Waals surface area contributed by atoms with E-state index in [4.69, 9.17) is 14.2 Å². The number of hydrogen-bond acceptors (Lipinski definition) is 6. The molecule has 80 heavy (non-hydrogen) atoms. The zero-order valence-electron chi connectivity index (χ0n) is 52.3. The number of carbonyl (C=O) groups is 3. The van der Waals surface area contributed by atoms with Crippen molar-refractivity contribution in [1.29, 1.82) is 0 Å². The highest BCUT2D eigenvalue weighted by Gasteiger charge is 2.19. The molecule has 0 saturated carbocycles. The monoisotopic (exact) mass is 1110 g/mol. The molecule has 0 amide bonds. The van der Waals surface area contributed by atoms with E-state index in [1.807, 2.05) is 0 Å². The minimum Gasteiger partial charge on any atom is -0.462 e. The van der Waals surface area contributed by atoms with Crippen molar-refractivity contribution in [2.45, 2.75) is 316 Å². The molecule has 6 nitrogen and oxygen atoms in total. The van der Waals surface area contributed by atoms with Gasteiger partial charge in [0.25, 0.3) is 0 Å². The largest absolute Gasteiger partial charge is 0.462 e. The third kappa shape index (κ3) is 64.6. The molecule has 0 bridgehead atoms. The average molecular weight is 1110 g/mol. The lowest BCUT2D eigenvalue weighted by Crippen LogP contribution is -2.30. The molecule has 0 saturated heterocycles. The average Bonchev–Trinajstić information content (AvgIpc) is 3.46. The molecule has 0 N–H and O–H groups in total. The SMILES string of the molecule is CC/C=C\C/C=C\C/C=C\C/C=C\C/C=C\C/C=C\CCCCCCCCCCC(=O)OCC(COC(=O)CCCCCCC/C=C\CCCCCCC)OC(=O)CCCCCCCC/C=C\C/C=C\C/C=C\CCCCCCC. The van der Waals surface area contributed by atoms with Gasteiger partial charge in [-0.25, -0.2) is 0 Å². The molecule has 0 radical (unpaired) electrons. The summed E-state index contributed by atoms with van der Waals surface area (Å²) in [7, 11) is 0. The van der Waals surface area contributed by atoms with Gasteiger partial charge in [-0.1, -0.05) is 277 Å². The predicted molar refractivity (Wildman–Crippen MR) is 348 cm³/mol. The summed E-state index contributed by atoms with van der Waals surface area (Å²) in [6, 6.07) is 0. The molecule has 0 aromatic heterocycles. The second-order valence-corrected chi connectivity index (χ2v) is 22.0. The molecule has 0 rings (SSSR count). The molecular weight excluding hydrogens is 985 g/mol. The van der Waals surface area contributed by atoms with E-state index >= 15 is 0 Å². The normalized spacial score (nSPS) is 12.9. The minimum absolute atomic E-state index is 0.0917. The number of esters is 3. The maximum absolute atomic E-state index is 12.9. The van der Waals surface area contributed by atoms with E-state index in [1.54, 1.807) is 0 Å².